The molecule has 5 saturated carbocycles. The molecule has 30 heavy (non-hydrogen) atoms. The molecule has 0 saturated heterocycles. The largest absolute Gasteiger partial charge is 0.222 e. The fourth-order valence-corrected chi connectivity index (χ4v) is 13.3. The first kappa shape index (κ1) is 17.7. The molecule has 1 spiro atoms. The summed E-state index contributed by atoms with van der Waals surface area (Å²) in [5.41, 5.74) is 0.918. The van der Waals surface area contributed by atoms with Crippen molar-refractivity contribution in [3.63, 3.8) is 0 Å². The SMILES string of the molecule is O=S(=O)(c1ccccc1)C1(S(=O)(=O)c2ccccc2)CC2=CC3C4C5CC3C2(C1)C54. The smallest absolute Gasteiger partial charge is 0.199 e. The molecule has 2 aromatic carbocycles. The molecule has 154 valence electrons. The lowest BCUT2D eigenvalue weighted by Gasteiger charge is -2.33. The Morgan fingerprint density at radius 1 is 0.800 bits per heavy atom. The molecule has 6 atom stereocenters. The molecule has 2 aromatic rings. The third-order valence-electron chi connectivity index (χ3n) is 9.02. The van der Waals surface area contributed by atoms with Crippen molar-refractivity contribution < 1.29 is 16.8 Å². The zero-order valence-electron chi connectivity index (χ0n) is 16.3. The van der Waals surface area contributed by atoms with Crippen LogP contribution < -0.4 is 0 Å². The quantitative estimate of drug-likeness (QED) is 0.680. The number of hydrogen-bond acceptors (Lipinski definition) is 4. The van der Waals surface area contributed by atoms with Crippen LogP contribution in [0.15, 0.2) is 82.1 Å². The first-order valence-corrected chi connectivity index (χ1v) is 13.6. The van der Waals surface area contributed by atoms with Crippen LogP contribution in [0.2, 0.25) is 0 Å². The van der Waals surface area contributed by atoms with Crippen LogP contribution in [0.25, 0.3) is 0 Å². The number of rotatable bonds is 4. The predicted molar refractivity (Wildman–Crippen MR) is 112 cm³/mol. The number of allylic oxidation sites excluding steroid dienone is 2. The minimum absolute atomic E-state index is 0.107. The molecule has 8 rings (SSSR count). The maximum absolute atomic E-state index is 14.1. The van der Waals surface area contributed by atoms with E-state index in [4.69, 9.17) is 0 Å². The number of benzene rings is 2. The van der Waals surface area contributed by atoms with E-state index in [2.05, 4.69) is 6.08 Å². The topological polar surface area (TPSA) is 68.3 Å². The number of hydrogen-bond donors (Lipinski definition) is 0. The maximum Gasteiger partial charge on any atom is 0.199 e. The van der Waals surface area contributed by atoms with Gasteiger partial charge in [-0.15, -0.1) is 0 Å². The second kappa shape index (κ2) is 5.10. The van der Waals surface area contributed by atoms with Crippen LogP contribution in [0.5, 0.6) is 0 Å². The molecular formula is C24H22O4S2. The van der Waals surface area contributed by atoms with Gasteiger partial charge in [0.2, 0.25) is 0 Å². The van der Waals surface area contributed by atoms with Crippen molar-refractivity contribution in [1.82, 2.24) is 0 Å². The first-order valence-electron chi connectivity index (χ1n) is 10.7. The second-order valence-corrected chi connectivity index (χ2v) is 14.6. The molecular weight excluding hydrogens is 416 g/mol. The monoisotopic (exact) mass is 438 g/mol. The summed E-state index contributed by atoms with van der Waals surface area (Å²) in [6.45, 7) is 0. The van der Waals surface area contributed by atoms with E-state index in [0.29, 0.717) is 29.6 Å². The third kappa shape index (κ3) is 1.67. The summed E-state index contributed by atoms with van der Waals surface area (Å²) in [5.74, 6) is 2.88. The first-order chi connectivity index (χ1) is 14.3. The van der Waals surface area contributed by atoms with Gasteiger partial charge in [0.05, 0.1) is 9.79 Å². The van der Waals surface area contributed by atoms with Gasteiger partial charge in [0.1, 0.15) is 0 Å². The van der Waals surface area contributed by atoms with Crippen LogP contribution in [0, 0.1) is 35.0 Å². The van der Waals surface area contributed by atoms with Gasteiger partial charge in [0, 0.05) is 11.8 Å². The van der Waals surface area contributed by atoms with E-state index in [0.717, 1.165) is 12.0 Å². The lowest BCUT2D eigenvalue weighted by Crippen LogP contribution is -2.45. The van der Waals surface area contributed by atoms with Gasteiger partial charge in [-0.2, -0.15) is 0 Å². The molecule has 6 bridgehead atoms. The Labute approximate surface area is 176 Å². The van der Waals surface area contributed by atoms with Crippen molar-refractivity contribution in [2.24, 2.45) is 35.0 Å². The Hall–Kier alpha value is -1.92. The van der Waals surface area contributed by atoms with Crippen molar-refractivity contribution in [3.05, 3.63) is 72.3 Å². The Morgan fingerprint density at radius 2 is 1.37 bits per heavy atom. The van der Waals surface area contributed by atoms with Crippen molar-refractivity contribution in [2.75, 3.05) is 0 Å². The van der Waals surface area contributed by atoms with Crippen molar-refractivity contribution >= 4 is 19.7 Å². The van der Waals surface area contributed by atoms with Gasteiger partial charge in [0.15, 0.2) is 23.8 Å². The highest BCUT2D eigenvalue weighted by atomic mass is 32.3. The van der Waals surface area contributed by atoms with Crippen molar-refractivity contribution in [2.45, 2.75) is 33.1 Å². The standard InChI is InChI=1S/C24H22O4S2/c25-29(26,16-7-3-1-4-8-16)23(30(27,28)17-9-5-2-6-10-17)13-15-11-18-20-12-19-21(18)22(19)24(15,20)14-23/h1-11,18-22H,12-14H2. The Bertz CT molecular complexity index is 1260. The number of sulfone groups is 2. The van der Waals surface area contributed by atoms with Crippen LogP contribution in [0.4, 0.5) is 0 Å². The predicted octanol–water partition coefficient (Wildman–Crippen LogP) is 3.86. The average Bonchev–Trinajstić information content (AvgIpc) is 3.09. The van der Waals surface area contributed by atoms with Gasteiger partial charge in [-0.05, 0) is 66.7 Å². The van der Waals surface area contributed by atoms with Crippen molar-refractivity contribution in [1.29, 1.82) is 0 Å². The van der Waals surface area contributed by atoms with E-state index >= 15 is 0 Å². The van der Waals surface area contributed by atoms with E-state index in [1.807, 2.05) is 0 Å². The molecule has 0 aliphatic heterocycles. The van der Waals surface area contributed by atoms with Gasteiger partial charge in [-0.1, -0.05) is 48.0 Å². The zero-order valence-corrected chi connectivity index (χ0v) is 17.9. The fraction of sp³-hybridized carbons (Fsp3) is 0.417. The van der Waals surface area contributed by atoms with Crippen LogP contribution in [0.1, 0.15) is 19.3 Å². The molecule has 0 amide bonds. The highest BCUT2D eigenvalue weighted by Crippen LogP contribution is 2.89. The lowest BCUT2D eigenvalue weighted by atomic mass is 9.77. The minimum Gasteiger partial charge on any atom is -0.222 e. The van der Waals surface area contributed by atoms with Gasteiger partial charge in [-0.25, -0.2) is 16.8 Å². The molecule has 0 N–H and O–H groups in total. The van der Waals surface area contributed by atoms with Gasteiger partial charge >= 0.3 is 0 Å². The third-order valence-corrected chi connectivity index (χ3v) is 14.7. The summed E-state index contributed by atoms with van der Waals surface area (Å²) >= 11 is 0. The van der Waals surface area contributed by atoms with Crippen LogP contribution >= 0.6 is 0 Å². The van der Waals surface area contributed by atoms with Gasteiger partial charge < -0.3 is 0 Å². The maximum atomic E-state index is 14.1. The molecule has 6 aliphatic carbocycles. The minimum atomic E-state index is -4.12. The van der Waals surface area contributed by atoms with E-state index in [1.54, 1.807) is 36.4 Å². The summed E-state index contributed by atoms with van der Waals surface area (Å²) in [4.78, 5) is 0.214. The molecule has 0 radical (unpaired) electrons. The molecule has 4 nitrogen and oxygen atoms in total. The fourth-order valence-electron chi connectivity index (χ4n) is 8.08. The summed E-state index contributed by atoms with van der Waals surface area (Å²) in [6, 6.07) is 16.3. The average molecular weight is 439 g/mol. The second-order valence-electron chi connectivity index (χ2n) is 9.82. The van der Waals surface area contributed by atoms with Gasteiger partial charge in [0.25, 0.3) is 0 Å². The van der Waals surface area contributed by atoms with Crippen LogP contribution in [-0.2, 0) is 19.7 Å². The lowest BCUT2D eigenvalue weighted by molar-refractivity contribution is 0.272. The highest BCUT2D eigenvalue weighted by molar-refractivity contribution is 8.10. The summed E-state index contributed by atoms with van der Waals surface area (Å²) < 4.78 is 54.6. The molecule has 0 heterocycles. The highest BCUT2D eigenvalue weighted by Gasteiger charge is 2.86. The van der Waals surface area contributed by atoms with E-state index in [9.17, 15) is 16.8 Å². The van der Waals surface area contributed by atoms with Gasteiger partial charge in [-0.3, -0.25) is 0 Å². The van der Waals surface area contributed by atoms with Crippen LogP contribution in [0.3, 0.4) is 0 Å². The normalized spacial score (nSPS) is 39.1. The molecule has 0 aromatic heterocycles. The molecule has 6 aliphatic rings. The van der Waals surface area contributed by atoms with E-state index < -0.39 is 23.8 Å². The zero-order chi connectivity index (χ0) is 20.5. The van der Waals surface area contributed by atoms with Crippen molar-refractivity contribution in [3.8, 4) is 0 Å². The Balaban J connectivity index is 1.48. The van der Waals surface area contributed by atoms with Crippen LogP contribution in [-0.4, -0.2) is 20.9 Å². The summed E-state index contributed by atoms with van der Waals surface area (Å²) in [7, 11) is -8.23. The van der Waals surface area contributed by atoms with E-state index in [1.165, 1.54) is 24.3 Å². The summed E-state index contributed by atoms with van der Waals surface area (Å²) in [6.07, 6.45) is 3.76. The van der Waals surface area contributed by atoms with E-state index in [-0.39, 0.29) is 28.0 Å². The Kier molecular flexibility index (Phi) is 3.02. The molecule has 6 unspecified atom stereocenters. The molecule has 6 heteroatoms. The Morgan fingerprint density at radius 3 is 1.87 bits per heavy atom. The molecule has 5 fully saturated rings. The summed E-state index contributed by atoms with van der Waals surface area (Å²) in [5, 5.41) is 0.